The quantitative estimate of drug-likeness (QED) is 0.762. The molecule has 88 valence electrons. The molecule has 0 fully saturated rings. The molecule has 0 saturated heterocycles. The molecule has 2 aromatic rings. The summed E-state index contributed by atoms with van der Waals surface area (Å²) in [5, 5.41) is 1.52. The van der Waals surface area contributed by atoms with E-state index in [2.05, 4.69) is 39.7 Å². The number of benzene rings is 1. The van der Waals surface area contributed by atoms with Crippen LogP contribution in [0.4, 0.5) is 5.13 Å². The Labute approximate surface area is 122 Å². The van der Waals surface area contributed by atoms with Crippen molar-refractivity contribution in [2.45, 2.75) is 18.8 Å². The number of halogens is 2. The molecule has 1 aliphatic carbocycles. The number of nitrogens with two attached hydrogens (primary N) is 1. The van der Waals surface area contributed by atoms with Crippen LogP contribution in [-0.4, -0.2) is 4.98 Å². The van der Waals surface area contributed by atoms with Gasteiger partial charge in [-0.25, -0.2) is 4.98 Å². The van der Waals surface area contributed by atoms with Crippen molar-refractivity contribution in [1.82, 2.24) is 4.98 Å². The van der Waals surface area contributed by atoms with Gasteiger partial charge in [-0.3, -0.25) is 0 Å². The summed E-state index contributed by atoms with van der Waals surface area (Å²) in [7, 11) is 0. The fraction of sp³-hybridized carbons (Fsp3) is 0.250. The lowest BCUT2D eigenvalue weighted by Gasteiger charge is -2.12. The normalized spacial score (nSPS) is 18.4. The maximum absolute atomic E-state index is 6.33. The first kappa shape index (κ1) is 11.7. The average Bonchev–Trinajstić information content (AvgIpc) is 2.78. The van der Waals surface area contributed by atoms with Crippen molar-refractivity contribution < 1.29 is 0 Å². The molecular weight excluding hydrogens is 367 g/mol. The van der Waals surface area contributed by atoms with Crippen LogP contribution >= 0.6 is 45.5 Å². The van der Waals surface area contributed by atoms with Crippen LogP contribution in [0.2, 0.25) is 5.02 Å². The minimum absolute atomic E-state index is 0.379. The van der Waals surface area contributed by atoms with E-state index >= 15 is 0 Å². The number of rotatable bonds is 1. The Morgan fingerprint density at radius 2 is 2.29 bits per heavy atom. The van der Waals surface area contributed by atoms with Crippen molar-refractivity contribution in [3.63, 3.8) is 0 Å². The highest BCUT2D eigenvalue weighted by atomic mass is 127. The van der Waals surface area contributed by atoms with E-state index in [0.717, 1.165) is 23.6 Å². The van der Waals surface area contributed by atoms with Crippen molar-refractivity contribution in [2.75, 3.05) is 5.73 Å². The van der Waals surface area contributed by atoms with Crippen LogP contribution in [-0.2, 0) is 6.42 Å². The van der Waals surface area contributed by atoms with Gasteiger partial charge in [0.2, 0.25) is 0 Å². The summed E-state index contributed by atoms with van der Waals surface area (Å²) < 4.78 is 1.17. The first-order valence-corrected chi connectivity index (χ1v) is 7.62. The second-order valence-electron chi connectivity index (χ2n) is 4.12. The van der Waals surface area contributed by atoms with Gasteiger partial charge in [-0.05, 0) is 53.1 Å². The van der Waals surface area contributed by atoms with Crippen LogP contribution in [0.3, 0.4) is 0 Å². The SMILES string of the molecule is Nc1nc2c(s1)C(c1ccc(I)cc1Cl)CC2. The molecule has 17 heavy (non-hydrogen) atoms. The largest absolute Gasteiger partial charge is 0.375 e. The van der Waals surface area contributed by atoms with Gasteiger partial charge in [0.15, 0.2) is 5.13 Å². The number of hydrogen-bond acceptors (Lipinski definition) is 3. The van der Waals surface area contributed by atoms with Crippen molar-refractivity contribution in [1.29, 1.82) is 0 Å². The summed E-state index contributed by atoms with van der Waals surface area (Å²) in [6.45, 7) is 0. The molecule has 1 atom stereocenters. The Balaban J connectivity index is 2.06. The second kappa shape index (κ2) is 4.40. The van der Waals surface area contributed by atoms with Crippen LogP contribution in [0.15, 0.2) is 18.2 Å². The van der Waals surface area contributed by atoms with Gasteiger partial charge in [-0.2, -0.15) is 0 Å². The van der Waals surface area contributed by atoms with Crippen LogP contribution in [0.1, 0.15) is 28.5 Å². The number of aryl methyl sites for hydroxylation is 1. The number of nitrogen functional groups attached to an aromatic ring is 1. The molecule has 1 aliphatic rings. The van der Waals surface area contributed by atoms with Crippen LogP contribution < -0.4 is 5.73 Å². The van der Waals surface area contributed by atoms with Gasteiger partial charge in [0.25, 0.3) is 0 Å². The molecule has 1 heterocycles. The zero-order valence-electron chi connectivity index (χ0n) is 8.91. The maximum Gasteiger partial charge on any atom is 0.180 e. The van der Waals surface area contributed by atoms with Crippen molar-refractivity contribution in [3.05, 3.63) is 42.9 Å². The Morgan fingerprint density at radius 1 is 1.47 bits per heavy atom. The first-order chi connectivity index (χ1) is 8.15. The number of fused-ring (bicyclic) bond motifs is 1. The molecule has 0 spiro atoms. The lowest BCUT2D eigenvalue weighted by atomic mass is 9.98. The number of nitrogens with zero attached hydrogens (tertiary/aromatic N) is 1. The monoisotopic (exact) mass is 376 g/mol. The third-order valence-electron chi connectivity index (χ3n) is 3.07. The zero-order chi connectivity index (χ0) is 12.0. The summed E-state index contributed by atoms with van der Waals surface area (Å²) in [5.74, 6) is 0.379. The summed E-state index contributed by atoms with van der Waals surface area (Å²) >= 11 is 10.2. The molecule has 1 unspecified atom stereocenters. The van der Waals surface area contributed by atoms with Crippen molar-refractivity contribution in [3.8, 4) is 0 Å². The lowest BCUT2D eigenvalue weighted by molar-refractivity contribution is 0.790. The predicted octanol–water partition coefficient (Wildman–Crippen LogP) is 4.06. The molecule has 0 amide bonds. The van der Waals surface area contributed by atoms with E-state index in [1.165, 1.54) is 14.0 Å². The van der Waals surface area contributed by atoms with Gasteiger partial charge in [0, 0.05) is 19.4 Å². The number of thiazole rings is 1. The van der Waals surface area contributed by atoms with E-state index in [-0.39, 0.29) is 0 Å². The molecular formula is C12H10ClIN2S. The average molecular weight is 377 g/mol. The smallest absolute Gasteiger partial charge is 0.180 e. The summed E-state index contributed by atoms with van der Waals surface area (Å²) in [6, 6.07) is 6.24. The molecule has 0 aliphatic heterocycles. The molecule has 0 saturated carbocycles. The second-order valence-corrected chi connectivity index (χ2v) is 6.84. The highest BCUT2D eigenvalue weighted by Crippen LogP contribution is 2.44. The molecule has 1 aromatic heterocycles. The minimum Gasteiger partial charge on any atom is -0.375 e. The van der Waals surface area contributed by atoms with Crippen LogP contribution in [0.5, 0.6) is 0 Å². The molecule has 2 nitrogen and oxygen atoms in total. The highest BCUT2D eigenvalue weighted by molar-refractivity contribution is 14.1. The maximum atomic E-state index is 6.33. The zero-order valence-corrected chi connectivity index (χ0v) is 12.6. The van der Waals surface area contributed by atoms with E-state index < -0.39 is 0 Å². The van der Waals surface area contributed by atoms with E-state index in [4.69, 9.17) is 17.3 Å². The summed E-state index contributed by atoms with van der Waals surface area (Å²) in [6.07, 6.45) is 2.10. The molecule has 0 bridgehead atoms. The molecule has 1 aromatic carbocycles. The van der Waals surface area contributed by atoms with E-state index in [0.29, 0.717) is 11.0 Å². The summed E-state index contributed by atoms with van der Waals surface area (Å²) in [5.41, 5.74) is 8.13. The third kappa shape index (κ3) is 2.06. The molecule has 3 rings (SSSR count). The van der Waals surface area contributed by atoms with Crippen LogP contribution in [0, 0.1) is 3.57 Å². The van der Waals surface area contributed by atoms with Gasteiger partial charge in [-0.15, -0.1) is 11.3 Å². The topological polar surface area (TPSA) is 38.9 Å². The van der Waals surface area contributed by atoms with Gasteiger partial charge in [0.1, 0.15) is 0 Å². The number of hydrogen-bond donors (Lipinski definition) is 1. The molecule has 5 heteroatoms. The Hall–Kier alpha value is -0.330. The van der Waals surface area contributed by atoms with Gasteiger partial charge >= 0.3 is 0 Å². The third-order valence-corrected chi connectivity index (χ3v) is 5.11. The van der Waals surface area contributed by atoms with Gasteiger partial charge in [0.05, 0.1) is 5.69 Å². The lowest BCUT2D eigenvalue weighted by Crippen LogP contribution is -1.95. The number of anilines is 1. The van der Waals surface area contributed by atoms with Crippen molar-refractivity contribution in [2.24, 2.45) is 0 Å². The Kier molecular flexibility index (Phi) is 3.04. The Bertz CT molecular complexity index is 582. The molecule has 0 radical (unpaired) electrons. The summed E-state index contributed by atoms with van der Waals surface area (Å²) in [4.78, 5) is 5.66. The fourth-order valence-corrected chi connectivity index (χ4v) is 4.35. The van der Waals surface area contributed by atoms with Gasteiger partial charge in [-0.1, -0.05) is 17.7 Å². The van der Waals surface area contributed by atoms with Crippen molar-refractivity contribution >= 4 is 50.7 Å². The van der Waals surface area contributed by atoms with E-state index in [9.17, 15) is 0 Å². The van der Waals surface area contributed by atoms with Gasteiger partial charge < -0.3 is 5.73 Å². The predicted molar refractivity (Wildman–Crippen MR) is 80.9 cm³/mol. The minimum atomic E-state index is 0.379. The highest BCUT2D eigenvalue weighted by Gasteiger charge is 2.29. The van der Waals surface area contributed by atoms with Crippen LogP contribution in [0.25, 0.3) is 0 Å². The Morgan fingerprint density at radius 3 is 3.06 bits per heavy atom. The first-order valence-electron chi connectivity index (χ1n) is 5.35. The fourth-order valence-electron chi connectivity index (χ4n) is 2.33. The number of aromatic nitrogens is 1. The van der Waals surface area contributed by atoms with E-state index in [1.807, 2.05) is 6.07 Å². The standard InChI is InChI=1S/C12H10ClIN2S/c13-9-5-6(14)1-2-7(9)8-3-4-10-11(8)17-12(15)16-10/h1-2,5,8H,3-4H2,(H2,15,16). The van der Waals surface area contributed by atoms with E-state index in [1.54, 1.807) is 11.3 Å². The molecule has 2 N–H and O–H groups in total.